The molecule has 0 saturated carbocycles. The van der Waals surface area contributed by atoms with Gasteiger partial charge in [-0.3, -0.25) is 4.90 Å². The first-order valence-corrected chi connectivity index (χ1v) is 8.31. The van der Waals surface area contributed by atoms with E-state index in [1.54, 1.807) is 13.3 Å². The summed E-state index contributed by atoms with van der Waals surface area (Å²) in [5.41, 5.74) is 0.169. The van der Waals surface area contributed by atoms with Gasteiger partial charge in [-0.05, 0) is 18.4 Å². The van der Waals surface area contributed by atoms with E-state index in [2.05, 4.69) is 25.2 Å². The normalized spacial score (nSPS) is 16.5. The van der Waals surface area contributed by atoms with Crippen molar-refractivity contribution >= 4 is 5.82 Å². The zero-order valence-electron chi connectivity index (χ0n) is 14.3. The molecule has 26 heavy (non-hydrogen) atoms. The average molecular weight is 367 g/mol. The molecule has 3 heterocycles. The number of piperidine rings is 1. The molecule has 1 aliphatic rings. The Labute approximate surface area is 149 Å². The molecule has 0 atom stereocenters. The summed E-state index contributed by atoms with van der Waals surface area (Å²) in [6, 6.07) is 4.86. The first-order chi connectivity index (χ1) is 12.4. The van der Waals surface area contributed by atoms with Crippen molar-refractivity contribution in [2.75, 3.05) is 25.5 Å². The molecule has 0 spiro atoms. The maximum Gasteiger partial charge on any atom is 0.433 e. The molecule has 0 radical (unpaired) electrons. The van der Waals surface area contributed by atoms with Crippen LogP contribution in [0.15, 0.2) is 30.7 Å². The predicted octanol–water partition coefficient (Wildman–Crippen LogP) is 2.98. The molecule has 0 bridgehead atoms. The third kappa shape index (κ3) is 4.81. The number of ether oxygens (including phenoxy) is 1. The zero-order valence-corrected chi connectivity index (χ0v) is 14.3. The average Bonchev–Trinajstić information content (AvgIpc) is 2.63. The smallest absolute Gasteiger partial charge is 0.433 e. The lowest BCUT2D eigenvalue weighted by molar-refractivity contribution is -0.141. The number of halogens is 3. The van der Waals surface area contributed by atoms with Crippen LogP contribution < -0.4 is 10.1 Å². The number of aromatic nitrogens is 3. The number of hydrogen-bond donors (Lipinski definition) is 1. The second kappa shape index (κ2) is 7.86. The Morgan fingerprint density at radius 2 is 1.96 bits per heavy atom. The summed E-state index contributed by atoms with van der Waals surface area (Å²) in [6.45, 7) is 2.48. The number of likely N-dealkylation sites (tertiary alicyclic amines) is 1. The van der Waals surface area contributed by atoms with Crippen molar-refractivity contribution < 1.29 is 17.9 Å². The van der Waals surface area contributed by atoms with E-state index < -0.39 is 11.9 Å². The molecular weight excluding hydrogens is 347 g/mol. The number of rotatable bonds is 5. The minimum absolute atomic E-state index is 0.0937. The molecule has 1 saturated heterocycles. The first kappa shape index (κ1) is 18.4. The van der Waals surface area contributed by atoms with Crippen molar-refractivity contribution in [2.24, 2.45) is 0 Å². The fourth-order valence-corrected chi connectivity index (χ4v) is 2.92. The fourth-order valence-electron chi connectivity index (χ4n) is 2.92. The van der Waals surface area contributed by atoms with E-state index in [0.717, 1.165) is 50.4 Å². The minimum Gasteiger partial charge on any atom is -0.481 e. The van der Waals surface area contributed by atoms with Crippen LogP contribution >= 0.6 is 0 Å². The number of hydrogen-bond acceptors (Lipinski definition) is 6. The molecule has 2 aromatic heterocycles. The topological polar surface area (TPSA) is 63.2 Å². The molecule has 0 aromatic carbocycles. The SMILES string of the molecule is COc1ccc(CN2CCC(Nc3cc(C(F)(F)F)ncn3)CC2)cn1. The summed E-state index contributed by atoms with van der Waals surface area (Å²) >= 11 is 0. The van der Waals surface area contributed by atoms with Gasteiger partial charge in [0.1, 0.15) is 17.8 Å². The van der Waals surface area contributed by atoms with E-state index in [1.807, 2.05) is 12.1 Å². The lowest BCUT2D eigenvalue weighted by Gasteiger charge is -2.32. The first-order valence-electron chi connectivity index (χ1n) is 8.31. The molecule has 1 N–H and O–H groups in total. The van der Waals surface area contributed by atoms with Crippen LogP contribution in [-0.2, 0) is 12.7 Å². The van der Waals surface area contributed by atoms with Gasteiger partial charge in [-0.1, -0.05) is 6.07 Å². The monoisotopic (exact) mass is 367 g/mol. The van der Waals surface area contributed by atoms with Crippen LogP contribution in [-0.4, -0.2) is 46.1 Å². The lowest BCUT2D eigenvalue weighted by Crippen LogP contribution is -2.38. The number of nitrogens with one attached hydrogen (secondary N) is 1. The Kier molecular flexibility index (Phi) is 5.55. The summed E-state index contributed by atoms with van der Waals surface area (Å²) in [6.07, 6.45) is -0.0707. The number of methoxy groups -OCH3 is 1. The maximum absolute atomic E-state index is 12.7. The lowest BCUT2D eigenvalue weighted by atomic mass is 10.0. The highest BCUT2D eigenvalue weighted by Crippen LogP contribution is 2.28. The second-order valence-corrected chi connectivity index (χ2v) is 6.19. The Morgan fingerprint density at radius 3 is 2.58 bits per heavy atom. The van der Waals surface area contributed by atoms with Gasteiger partial charge in [-0.2, -0.15) is 13.2 Å². The summed E-state index contributed by atoms with van der Waals surface area (Å²) in [5, 5.41) is 3.09. The van der Waals surface area contributed by atoms with Crippen molar-refractivity contribution in [3.8, 4) is 5.88 Å². The van der Waals surface area contributed by atoms with Crippen LogP contribution in [0.3, 0.4) is 0 Å². The maximum atomic E-state index is 12.7. The summed E-state index contributed by atoms with van der Waals surface area (Å²) in [5.74, 6) is 0.796. The van der Waals surface area contributed by atoms with Crippen LogP contribution in [0.2, 0.25) is 0 Å². The van der Waals surface area contributed by atoms with E-state index in [9.17, 15) is 13.2 Å². The van der Waals surface area contributed by atoms with Crippen molar-refractivity contribution in [3.63, 3.8) is 0 Å². The van der Waals surface area contributed by atoms with Crippen LogP contribution in [0.5, 0.6) is 5.88 Å². The number of anilines is 1. The van der Waals surface area contributed by atoms with E-state index in [4.69, 9.17) is 4.74 Å². The Hall–Kier alpha value is -2.42. The van der Waals surface area contributed by atoms with Crippen molar-refractivity contribution in [3.05, 3.63) is 42.0 Å². The fraction of sp³-hybridized carbons (Fsp3) is 0.471. The van der Waals surface area contributed by atoms with E-state index in [0.29, 0.717) is 5.88 Å². The highest BCUT2D eigenvalue weighted by atomic mass is 19.4. The molecular formula is C17H20F3N5O. The quantitative estimate of drug-likeness (QED) is 0.877. The molecule has 3 rings (SSSR count). The van der Waals surface area contributed by atoms with Gasteiger partial charge in [0.05, 0.1) is 7.11 Å². The van der Waals surface area contributed by atoms with Gasteiger partial charge < -0.3 is 10.1 Å². The molecule has 0 aliphatic carbocycles. The van der Waals surface area contributed by atoms with Gasteiger partial charge in [0.2, 0.25) is 5.88 Å². The van der Waals surface area contributed by atoms with Gasteiger partial charge in [0, 0.05) is 44.0 Å². The van der Waals surface area contributed by atoms with E-state index in [1.165, 1.54) is 0 Å². The van der Waals surface area contributed by atoms with E-state index in [-0.39, 0.29) is 11.9 Å². The number of nitrogens with zero attached hydrogens (tertiary/aromatic N) is 4. The number of pyridine rings is 1. The van der Waals surface area contributed by atoms with Crippen molar-refractivity contribution in [2.45, 2.75) is 31.6 Å². The standard InChI is InChI=1S/C17H20F3N5O/c1-26-16-3-2-12(9-21-16)10-25-6-4-13(5-7-25)24-15-8-14(17(18,19)20)22-11-23-15/h2-3,8-9,11,13H,4-7,10H2,1H3,(H,22,23,24). The molecule has 1 fully saturated rings. The third-order valence-corrected chi connectivity index (χ3v) is 4.31. The zero-order chi connectivity index (χ0) is 18.6. The molecule has 0 unspecified atom stereocenters. The second-order valence-electron chi connectivity index (χ2n) is 6.19. The van der Waals surface area contributed by atoms with Gasteiger partial charge >= 0.3 is 6.18 Å². The Balaban J connectivity index is 1.50. The minimum atomic E-state index is -4.46. The van der Waals surface area contributed by atoms with Gasteiger partial charge in [0.15, 0.2) is 0 Å². The Morgan fingerprint density at radius 1 is 1.19 bits per heavy atom. The highest BCUT2D eigenvalue weighted by molar-refractivity contribution is 5.36. The summed E-state index contributed by atoms with van der Waals surface area (Å²) in [7, 11) is 1.58. The summed E-state index contributed by atoms with van der Waals surface area (Å²) < 4.78 is 43.2. The van der Waals surface area contributed by atoms with E-state index >= 15 is 0 Å². The van der Waals surface area contributed by atoms with Crippen molar-refractivity contribution in [1.82, 2.24) is 19.9 Å². The van der Waals surface area contributed by atoms with Crippen molar-refractivity contribution in [1.29, 1.82) is 0 Å². The summed E-state index contributed by atoms with van der Waals surface area (Å²) in [4.78, 5) is 13.7. The largest absolute Gasteiger partial charge is 0.481 e. The molecule has 140 valence electrons. The molecule has 6 nitrogen and oxygen atoms in total. The van der Waals surface area contributed by atoms with Crippen LogP contribution in [0, 0.1) is 0 Å². The van der Waals surface area contributed by atoms with Gasteiger partial charge in [0.25, 0.3) is 0 Å². The Bertz CT molecular complexity index is 715. The molecule has 0 amide bonds. The van der Waals surface area contributed by atoms with Crippen LogP contribution in [0.1, 0.15) is 24.1 Å². The predicted molar refractivity (Wildman–Crippen MR) is 89.7 cm³/mol. The molecule has 2 aromatic rings. The third-order valence-electron chi connectivity index (χ3n) is 4.31. The van der Waals surface area contributed by atoms with Crippen LogP contribution in [0.25, 0.3) is 0 Å². The number of alkyl halides is 3. The molecule has 1 aliphatic heterocycles. The van der Waals surface area contributed by atoms with Gasteiger partial charge in [-0.25, -0.2) is 15.0 Å². The van der Waals surface area contributed by atoms with Gasteiger partial charge in [-0.15, -0.1) is 0 Å². The molecule has 9 heteroatoms. The highest BCUT2D eigenvalue weighted by Gasteiger charge is 2.33. The van der Waals surface area contributed by atoms with Crippen LogP contribution in [0.4, 0.5) is 19.0 Å².